The zero-order valence-electron chi connectivity index (χ0n) is 15.7. The zero-order valence-corrected chi connectivity index (χ0v) is 17.3. The van der Waals surface area contributed by atoms with Crippen LogP contribution in [0.4, 0.5) is 22.7 Å². The maximum absolute atomic E-state index is 11.9. The highest BCUT2D eigenvalue weighted by molar-refractivity contribution is 7.86. The normalized spacial score (nSPS) is 12.5. The predicted octanol–water partition coefficient (Wildman–Crippen LogP) is 2.63. The van der Waals surface area contributed by atoms with Gasteiger partial charge in [-0.15, -0.1) is 10.2 Å². The summed E-state index contributed by atoms with van der Waals surface area (Å²) in [6.45, 7) is 0. The summed E-state index contributed by atoms with van der Waals surface area (Å²) < 4.78 is 70.6. The Kier molecular flexibility index (Phi) is 5.49. The topological polar surface area (TPSA) is 215 Å². The Hall–Kier alpha value is -3.46. The summed E-state index contributed by atoms with van der Waals surface area (Å²) in [5.74, 6) is -0.586. The van der Waals surface area contributed by atoms with Crippen molar-refractivity contribution in [2.45, 2.75) is 9.79 Å². The Morgan fingerprint density at radius 3 is 2.19 bits per heavy atom. The Labute approximate surface area is 176 Å². The van der Waals surface area contributed by atoms with Crippen LogP contribution in [0.5, 0.6) is 11.5 Å². The van der Waals surface area contributed by atoms with Gasteiger partial charge in [0.15, 0.2) is 5.75 Å². The van der Waals surface area contributed by atoms with E-state index < -0.39 is 41.5 Å². The minimum absolute atomic E-state index is 0.132. The Balaban J connectivity index is 2.33. The minimum Gasteiger partial charge on any atom is -0.505 e. The fourth-order valence-electron chi connectivity index (χ4n) is 2.81. The average Bonchev–Trinajstić information content (AvgIpc) is 2.65. The molecule has 0 fully saturated rings. The minimum atomic E-state index is -4.95. The van der Waals surface area contributed by atoms with Crippen LogP contribution >= 0.6 is 0 Å². The molecule has 0 unspecified atom stereocenters. The second kappa shape index (κ2) is 7.66. The summed E-state index contributed by atoms with van der Waals surface area (Å²) in [5.41, 5.74) is 11.0. The predicted molar refractivity (Wildman–Crippen MR) is 111 cm³/mol. The molecular weight excluding hydrogens is 452 g/mol. The Morgan fingerprint density at radius 1 is 0.935 bits per heavy atom. The van der Waals surface area contributed by atoms with Gasteiger partial charge in [0.1, 0.15) is 22.0 Å². The first kappa shape index (κ1) is 22.2. The van der Waals surface area contributed by atoms with Crippen molar-refractivity contribution in [1.29, 1.82) is 0 Å². The van der Waals surface area contributed by atoms with E-state index in [-0.39, 0.29) is 27.9 Å². The van der Waals surface area contributed by atoms with Crippen LogP contribution in [0, 0.1) is 0 Å². The number of hydrogen-bond donors (Lipinski definition) is 5. The first-order valence-corrected chi connectivity index (χ1v) is 11.1. The van der Waals surface area contributed by atoms with Gasteiger partial charge in [-0.3, -0.25) is 9.11 Å². The van der Waals surface area contributed by atoms with Gasteiger partial charge in [0.05, 0.1) is 12.0 Å². The Morgan fingerprint density at radius 2 is 1.61 bits per heavy atom. The van der Waals surface area contributed by atoms with Crippen LogP contribution < -0.4 is 16.2 Å². The van der Waals surface area contributed by atoms with Crippen molar-refractivity contribution >= 4 is 53.8 Å². The van der Waals surface area contributed by atoms with E-state index in [2.05, 4.69) is 10.2 Å². The van der Waals surface area contributed by atoms with Gasteiger partial charge < -0.3 is 21.3 Å². The number of phenolic OH excluding ortho intramolecular Hbond substituents is 1. The van der Waals surface area contributed by atoms with Gasteiger partial charge in [0, 0.05) is 22.8 Å². The van der Waals surface area contributed by atoms with Crippen molar-refractivity contribution in [1.82, 2.24) is 0 Å². The van der Waals surface area contributed by atoms with Gasteiger partial charge in [-0.2, -0.15) is 16.8 Å². The number of aromatic hydroxyl groups is 1. The van der Waals surface area contributed by atoms with Crippen LogP contribution in [0.1, 0.15) is 0 Å². The Bertz CT molecular complexity index is 1450. The fraction of sp³-hybridized carbons (Fsp3) is 0.0588. The molecule has 0 aromatic heterocycles. The zero-order chi connectivity index (χ0) is 23.1. The van der Waals surface area contributed by atoms with Crippen molar-refractivity contribution in [3.05, 3.63) is 36.4 Å². The summed E-state index contributed by atoms with van der Waals surface area (Å²) >= 11 is 0. The average molecular weight is 468 g/mol. The van der Waals surface area contributed by atoms with Gasteiger partial charge in [0.25, 0.3) is 20.2 Å². The maximum Gasteiger partial charge on any atom is 0.296 e. The number of nitrogens with two attached hydrogens (primary N) is 2. The largest absolute Gasteiger partial charge is 0.505 e. The van der Waals surface area contributed by atoms with Crippen LogP contribution in [0.2, 0.25) is 0 Å². The molecule has 0 aliphatic carbocycles. The highest BCUT2D eigenvalue weighted by Gasteiger charge is 2.24. The molecule has 3 aromatic rings. The van der Waals surface area contributed by atoms with E-state index in [1.54, 1.807) is 0 Å². The molecule has 164 valence electrons. The quantitative estimate of drug-likeness (QED) is 0.209. The molecule has 0 saturated carbocycles. The number of fused-ring (bicyclic) bond motifs is 1. The number of methoxy groups -OCH3 is 1. The third kappa shape index (κ3) is 4.36. The van der Waals surface area contributed by atoms with Crippen LogP contribution in [0.25, 0.3) is 10.8 Å². The fourth-order valence-corrected chi connectivity index (χ4v) is 4.02. The van der Waals surface area contributed by atoms with Crippen LogP contribution in [-0.4, -0.2) is 38.2 Å². The third-order valence-corrected chi connectivity index (χ3v) is 5.89. The highest BCUT2D eigenvalue weighted by Crippen LogP contribution is 2.44. The lowest BCUT2D eigenvalue weighted by molar-refractivity contribution is 0.416. The maximum atomic E-state index is 11.9. The summed E-state index contributed by atoms with van der Waals surface area (Å²) in [5, 5.41) is 17.9. The number of ether oxygens (including phenoxy) is 1. The molecule has 14 heteroatoms. The smallest absolute Gasteiger partial charge is 0.296 e. The van der Waals surface area contributed by atoms with Gasteiger partial charge in [0.2, 0.25) is 0 Å². The van der Waals surface area contributed by atoms with Crippen LogP contribution in [0.15, 0.2) is 56.4 Å². The van der Waals surface area contributed by atoms with E-state index in [4.69, 9.17) is 16.2 Å². The van der Waals surface area contributed by atoms with Crippen LogP contribution in [0.3, 0.4) is 0 Å². The van der Waals surface area contributed by atoms with Crippen LogP contribution in [-0.2, 0) is 20.2 Å². The number of azo groups is 1. The highest BCUT2D eigenvalue weighted by atomic mass is 32.2. The van der Waals surface area contributed by atoms with Crippen molar-refractivity contribution < 1.29 is 35.8 Å². The van der Waals surface area contributed by atoms with E-state index in [0.717, 1.165) is 18.2 Å². The monoisotopic (exact) mass is 468 g/mol. The van der Waals surface area contributed by atoms with Crippen molar-refractivity contribution in [2.75, 3.05) is 18.6 Å². The van der Waals surface area contributed by atoms with Crippen molar-refractivity contribution in [3.63, 3.8) is 0 Å². The summed E-state index contributed by atoms with van der Waals surface area (Å²) in [7, 11) is -8.29. The molecule has 31 heavy (non-hydrogen) atoms. The van der Waals surface area contributed by atoms with Crippen molar-refractivity contribution in [2.24, 2.45) is 10.2 Å². The summed E-state index contributed by atoms with van der Waals surface area (Å²) in [6, 6.07) is 6.93. The molecule has 0 radical (unpaired) electrons. The number of anilines is 2. The lowest BCUT2D eigenvalue weighted by atomic mass is 10.1. The number of nitrogen functional groups attached to an aromatic ring is 2. The molecular formula is C17H16N4O8S2. The molecule has 0 aliphatic heterocycles. The molecule has 7 N–H and O–H groups in total. The van der Waals surface area contributed by atoms with Gasteiger partial charge in [-0.1, -0.05) is 0 Å². The van der Waals surface area contributed by atoms with E-state index in [1.165, 1.54) is 25.3 Å². The van der Waals surface area contributed by atoms with Gasteiger partial charge in [-0.25, -0.2) is 0 Å². The van der Waals surface area contributed by atoms with Gasteiger partial charge in [-0.05, 0) is 35.7 Å². The van der Waals surface area contributed by atoms with E-state index >= 15 is 0 Å². The molecule has 0 saturated heterocycles. The molecule has 0 amide bonds. The molecule has 0 aliphatic rings. The number of rotatable bonds is 5. The summed E-state index contributed by atoms with van der Waals surface area (Å²) in [4.78, 5) is -1.51. The van der Waals surface area contributed by atoms with E-state index in [1.807, 2.05) is 0 Å². The third-order valence-electron chi connectivity index (χ3n) is 4.19. The van der Waals surface area contributed by atoms with Gasteiger partial charge >= 0.3 is 0 Å². The molecule has 0 bridgehead atoms. The first-order chi connectivity index (χ1) is 14.3. The number of nitrogens with zero attached hydrogens (tertiary/aromatic N) is 2. The number of benzene rings is 3. The molecule has 3 rings (SSSR count). The SMILES string of the molecule is COc1cc(N)ccc1N=Nc1c(S(=O)(=O)O)cc2cc(S(=O)(=O)O)cc(N)c2c1O. The lowest BCUT2D eigenvalue weighted by Crippen LogP contribution is -2.02. The first-order valence-electron chi connectivity index (χ1n) is 8.22. The molecule has 0 atom stereocenters. The second-order valence-corrected chi connectivity index (χ2v) is 9.08. The van der Waals surface area contributed by atoms with E-state index in [0.29, 0.717) is 5.69 Å². The molecule has 3 aromatic carbocycles. The number of hydrogen-bond acceptors (Lipinski definition) is 10. The lowest BCUT2D eigenvalue weighted by Gasteiger charge is -2.12. The second-order valence-electron chi connectivity index (χ2n) is 6.26. The molecule has 0 heterocycles. The molecule has 0 spiro atoms. The van der Waals surface area contributed by atoms with E-state index in [9.17, 15) is 31.0 Å². The number of phenols is 1. The molecule has 12 nitrogen and oxygen atoms in total. The standard InChI is InChI=1S/C17H16N4O8S2/c1-29-13-6-9(18)2-3-12(13)20-21-16-14(31(26,27)28)5-8-4-10(30(23,24)25)7-11(19)15(8)17(16)22/h2-7,22H,18-19H2,1H3,(H,23,24,25)(H,26,27,28). The van der Waals surface area contributed by atoms with Crippen molar-refractivity contribution in [3.8, 4) is 11.5 Å². The summed E-state index contributed by atoms with van der Waals surface area (Å²) in [6.07, 6.45) is 0.